The zero-order valence-corrected chi connectivity index (χ0v) is 11.5. The van der Waals surface area contributed by atoms with Gasteiger partial charge in [-0.3, -0.25) is 15.3 Å². The standard InChI is InChI=1S/C14H21N5O/c15-13(20)19-14(18-12-6-3-7-12)17-10-4-8-11-5-1-2-9-16-11/h1-2,5,9,12H,3-4,6-8,10H2,(H4,15,17,18,19,20). The van der Waals surface area contributed by atoms with Crippen LogP contribution in [-0.4, -0.2) is 29.6 Å². The van der Waals surface area contributed by atoms with Crippen molar-refractivity contribution in [1.82, 2.24) is 15.6 Å². The Balaban J connectivity index is 1.76. The summed E-state index contributed by atoms with van der Waals surface area (Å²) < 4.78 is 0. The average molecular weight is 275 g/mol. The number of nitrogens with two attached hydrogens (primary N) is 1. The van der Waals surface area contributed by atoms with Crippen molar-refractivity contribution in [3.8, 4) is 0 Å². The lowest BCUT2D eigenvalue weighted by Gasteiger charge is -2.27. The van der Waals surface area contributed by atoms with Gasteiger partial charge in [0.15, 0.2) is 5.96 Å². The van der Waals surface area contributed by atoms with Gasteiger partial charge in [0.2, 0.25) is 0 Å². The third-order valence-electron chi connectivity index (χ3n) is 3.27. The van der Waals surface area contributed by atoms with E-state index in [1.165, 1.54) is 6.42 Å². The summed E-state index contributed by atoms with van der Waals surface area (Å²) in [7, 11) is 0. The van der Waals surface area contributed by atoms with Gasteiger partial charge in [0.05, 0.1) is 0 Å². The Hall–Kier alpha value is -2.11. The maximum absolute atomic E-state index is 10.9. The van der Waals surface area contributed by atoms with Crippen molar-refractivity contribution in [2.24, 2.45) is 10.7 Å². The van der Waals surface area contributed by atoms with E-state index in [9.17, 15) is 4.79 Å². The molecule has 4 N–H and O–H groups in total. The molecule has 1 aromatic rings. The van der Waals surface area contributed by atoms with E-state index in [0.29, 0.717) is 18.5 Å². The zero-order valence-electron chi connectivity index (χ0n) is 11.5. The molecule has 6 nitrogen and oxygen atoms in total. The van der Waals surface area contributed by atoms with E-state index in [0.717, 1.165) is 31.4 Å². The van der Waals surface area contributed by atoms with Crippen LogP contribution in [-0.2, 0) is 6.42 Å². The van der Waals surface area contributed by atoms with Gasteiger partial charge in [-0.2, -0.15) is 0 Å². The number of rotatable bonds is 5. The number of aliphatic imine (C=N–C) groups is 1. The van der Waals surface area contributed by atoms with Crippen molar-refractivity contribution in [3.05, 3.63) is 30.1 Å². The van der Waals surface area contributed by atoms with Crippen LogP contribution >= 0.6 is 0 Å². The third-order valence-corrected chi connectivity index (χ3v) is 3.27. The lowest BCUT2D eigenvalue weighted by molar-refractivity contribution is 0.252. The molecule has 20 heavy (non-hydrogen) atoms. The predicted octanol–water partition coefficient (Wildman–Crippen LogP) is 1.18. The molecule has 6 heteroatoms. The third kappa shape index (κ3) is 4.87. The molecule has 0 spiro atoms. The van der Waals surface area contributed by atoms with Crippen molar-refractivity contribution < 1.29 is 4.79 Å². The van der Waals surface area contributed by atoms with E-state index in [4.69, 9.17) is 5.73 Å². The molecular formula is C14H21N5O. The lowest BCUT2D eigenvalue weighted by atomic mass is 9.93. The smallest absolute Gasteiger partial charge is 0.318 e. The van der Waals surface area contributed by atoms with Crippen LogP contribution in [0.2, 0.25) is 0 Å². The van der Waals surface area contributed by atoms with Crippen LogP contribution in [0.25, 0.3) is 0 Å². The number of amides is 2. The minimum absolute atomic E-state index is 0.413. The molecule has 1 aromatic heterocycles. The summed E-state index contributed by atoms with van der Waals surface area (Å²) in [5, 5.41) is 5.75. The highest BCUT2D eigenvalue weighted by molar-refractivity contribution is 5.95. The molecule has 2 rings (SSSR count). The Kier molecular flexibility index (Phi) is 5.34. The topological polar surface area (TPSA) is 92.4 Å². The molecule has 0 aromatic carbocycles. The van der Waals surface area contributed by atoms with Gasteiger partial charge >= 0.3 is 6.03 Å². The van der Waals surface area contributed by atoms with Crippen LogP contribution in [0.5, 0.6) is 0 Å². The second kappa shape index (κ2) is 7.47. The Bertz CT molecular complexity index is 456. The lowest BCUT2D eigenvalue weighted by Crippen LogP contribution is -2.49. The number of guanidine groups is 1. The van der Waals surface area contributed by atoms with E-state index in [1.54, 1.807) is 6.20 Å². The quantitative estimate of drug-likeness (QED) is 0.428. The largest absolute Gasteiger partial charge is 0.353 e. The van der Waals surface area contributed by atoms with E-state index in [2.05, 4.69) is 20.6 Å². The minimum atomic E-state index is -0.583. The SMILES string of the molecule is NC(=O)NC(=NCCCc1ccccn1)NC1CCC1. The highest BCUT2D eigenvalue weighted by Gasteiger charge is 2.18. The molecule has 0 unspecified atom stereocenters. The molecule has 1 aliphatic carbocycles. The zero-order chi connectivity index (χ0) is 14.2. The van der Waals surface area contributed by atoms with Gasteiger partial charge in [0.25, 0.3) is 0 Å². The van der Waals surface area contributed by atoms with Gasteiger partial charge in [-0.05, 0) is 44.2 Å². The van der Waals surface area contributed by atoms with Crippen LogP contribution in [0.1, 0.15) is 31.4 Å². The van der Waals surface area contributed by atoms with Crippen molar-refractivity contribution in [2.45, 2.75) is 38.1 Å². The molecule has 2 amide bonds. The van der Waals surface area contributed by atoms with Crippen LogP contribution in [0.4, 0.5) is 4.79 Å². The van der Waals surface area contributed by atoms with Crippen LogP contribution in [0.15, 0.2) is 29.4 Å². The number of pyridine rings is 1. The van der Waals surface area contributed by atoms with Crippen LogP contribution in [0.3, 0.4) is 0 Å². The predicted molar refractivity (Wildman–Crippen MR) is 78.4 cm³/mol. The van der Waals surface area contributed by atoms with Crippen LogP contribution in [0, 0.1) is 0 Å². The van der Waals surface area contributed by atoms with Gasteiger partial charge in [-0.25, -0.2) is 4.79 Å². The molecule has 1 fully saturated rings. The van der Waals surface area contributed by atoms with Crippen molar-refractivity contribution in [1.29, 1.82) is 0 Å². The van der Waals surface area contributed by atoms with Gasteiger partial charge in [0.1, 0.15) is 0 Å². The number of nitrogens with one attached hydrogen (secondary N) is 2. The number of carbonyl (C=O) groups is 1. The fourth-order valence-electron chi connectivity index (χ4n) is 1.98. The Morgan fingerprint density at radius 1 is 1.45 bits per heavy atom. The van der Waals surface area contributed by atoms with Gasteiger partial charge < -0.3 is 11.1 Å². The molecule has 1 heterocycles. The first-order chi connectivity index (χ1) is 9.74. The second-order valence-electron chi connectivity index (χ2n) is 4.92. The second-order valence-corrected chi connectivity index (χ2v) is 4.92. The maximum Gasteiger partial charge on any atom is 0.318 e. The summed E-state index contributed by atoms with van der Waals surface area (Å²) >= 11 is 0. The van der Waals surface area contributed by atoms with Crippen molar-refractivity contribution in [3.63, 3.8) is 0 Å². The molecule has 108 valence electrons. The van der Waals surface area contributed by atoms with E-state index >= 15 is 0 Å². The number of aromatic nitrogens is 1. The van der Waals surface area contributed by atoms with Gasteiger partial charge in [-0.15, -0.1) is 0 Å². The summed E-state index contributed by atoms with van der Waals surface area (Å²) in [5.41, 5.74) is 6.20. The fraction of sp³-hybridized carbons (Fsp3) is 0.500. The summed E-state index contributed by atoms with van der Waals surface area (Å²) in [6.45, 7) is 0.631. The monoisotopic (exact) mass is 275 g/mol. The number of hydrogen-bond donors (Lipinski definition) is 3. The first kappa shape index (κ1) is 14.3. The molecular weight excluding hydrogens is 254 g/mol. The highest BCUT2D eigenvalue weighted by Crippen LogP contribution is 2.17. The van der Waals surface area contributed by atoms with Crippen molar-refractivity contribution in [2.75, 3.05) is 6.54 Å². The molecule has 0 saturated heterocycles. The minimum Gasteiger partial charge on any atom is -0.353 e. The van der Waals surface area contributed by atoms with Gasteiger partial charge in [-0.1, -0.05) is 6.07 Å². The number of urea groups is 1. The summed E-state index contributed by atoms with van der Waals surface area (Å²) in [5.74, 6) is 0.489. The molecule has 0 bridgehead atoms. The van der Waals surface area contributed by atoms with E-state index in [-0.39, 0.29) is 0 Å². The maximum atomic E-state index is 10.9. The summed E-state index contributed by atoms with van der Waals surface area (Å²) in [4.78, 5) is 19.6. The molecule has 0 atom stereocenters. The number of carbonyl (C=O) groups excluding carboxylic acids is 1. The Labute approximate surface area is 118 Å². The fourth-order valence-corrected chi connectivity index (χ4v) is 1.98. The number of hydrogen-bond acceptors (Lipinski definition) is 3. The number of aryl methyl sites for hydroxylation is 1. The first-order valence-corrected chi connectivity index (χ1v) is 7.01. The number of primary amides is 1. The Morgan fingerprint density at radius 2 is 2.30 bits per heavy atom. The van der Waals surface area contributed by atoms with E-state index < -0.39 is 6.03 Å². The molecule has 0 radical (unpaired) electrons. The summed E-state index contributed by atoms with van der Waals surface area (Å²) in [6.07, 6.45) is 7.00. The molecule has 1 aliphatic rings. The van der Waals surface area contributed by atoms with E-state index in [1.807, 2.05) is 18.2 Å². The van der Waals surface area contributed by atoms with Gasteiger partial charge in [0, 0.05) is 24.5 Å². The van der Waals surface area contributed by atoms with Crippen molar-refractivity contribution >= 4 is 12.0 Å². The normalized spacial score (nSPS) is 15.5. The Morgan fingerprint density at radius 3 is 2.90 bits per heavy atom. The first-order valence-electron chi connectivity index (χ1n) is 7.01. The highest BCUT2D eigenvalue weighted by atomic mass is 16.2. The summed E-state index contributed by atoms with van der Waals surface area (Å²) in [6, 6.07) is 5.71. The molecule has 1 saturated carbocycles. The van der Waals surface area contributed by atoms with Crippen LogP contribution < -0.4 is 16.4 Å². The average Bonchev–Trinajstić information content (AvgIpc) is 2.39. The molecule has 0 aliphatic heterocycles. The number of nitrogens with zero attached hydrogens (tertiary/aromatic N) is 2.